The summed E-state index contributed by atoms with van der Waals surface area (Å²) in [6.45, 7) is 3.73. The molecule has 0 spiro atoms. The Hall–Kier alpha value is -0.970. The Morgan fingerprint density at radius 1 is 1.55 bits per heavy atom. The fraction of sp³-hybridized carbons (Fsp3) is 0.333. The quantitative estimate of drug-likeness (QED) is 0.414. The predicted molar refractivity (Wildman–Crippen MR) is 45.6 cm³/mol. The summed E-state index contributed by atoms with van der Waals surface area (Å²) in [6, 6.07) is -0.524. The van der Waals surface area contributed by atoms with Crippen molar-refractivity contribution in [1.82, 2.24) is 10.6 Å². The Morgan fingerprint density at radius 3 is 2.64 bits per heavy atom. The highest BCUT2D eigenvalue weighted by atomic mass is 32.1. The Kier molecular flexibility index (Phi) is 5.28. The minimum Gasteiger partial charge on any atom is -0.334 e. The van der Waals surface area contributed by atoms with Crippen molar-refractivity contribution >= 4 is 24.6 Å². The van der Waals surface area contributed by atoms with E-state index < -0.39 is 11.9 Å². The van der Waals surface area contributed by atoms with Crippen LogP contribution in [-0.4, -0.2) is 24.2 Å². The zero-order valence-electron chi connectivity index (χ0n) is 5.96. The number of urea groups is 1. The van der Waals surface area contributed by atoms with Gasteiger partial charge in [0.2, 0.25) is 5.91 Å². The molecular formula is C6H10N2O2S. The maximum absolute atomic E-state index is 10.6. The smallest absolute Gasteiger partial charge is 0.321 e. The van der Waals surface area contributed by atoms with Crippen molar-refractivity contribution in [2.75, 3.05) is 12.3 Å². The number of imide groups is 1. The minimum absolute atomic E-state index is 0.00150. The number of nitrogens with one attached hydrogen (secondary N) is 2. The van der Waals surface area contributed by atoms with Crippen LogP contribution in [0, 0.1) is 0 Å². The van der Waals surface area contributed by atoms with Crippen LogP contribution in [0.4, 0.5) is 4.79 Å². The fourth-order valence-electron chi connectivity index (χ4n) is 0.375. The maximum Gasteiger partial charge on any atom is 0.321 e. The summed E-state index contributed by atoms with van der Waals surface area (Å²) in [6.07, 6.45) is 1.52. The molecule has 0 saturated carbocycles. The molecule has 0 aliphatic heterocycles. The monoisotopic (exact) mass is 174 g/mol. The van der Waals surface area contributed by atoms with Gasteiger partial charge in [0, 0.05) is 6.54 Å². The van der Waals surface area contributed by atoms with Gasteiger partial charge in [-0.1, -0.05) is 6.08 Å². The Balaban J connectivity index is 3.51. The van der Waals surface area contributed by atoms with E-state index in [9.17, 15) is 9.59 Å². The molecule has 0 aromatic rings. The van der Waals surface area contributed by atoms with E-state index in [0.717, 1.165) is 0 Å². The molecule has 0 aliphatic carbocycles. The second-order valence-corrected chi connectivity index (χ2v) is 2.02. The van der Waals surface area contributed by atoms with Gasteiger partial charge in [-0.25, -0.2) is 4.79 Å². The topological polar surface area (TPSA) is 58.2 Å². The lowest BCUT2D eigenvalue weighted by Crippen LogP contribution is -2.40. The van der Waals surface area contributed by atoms with Gasteiger partial charge in [0.1, 0.15) is 0 Å². The molecule has 0 saturated heterocycles. The highest BCUT2D eigenvalue weighted by molar-refractivity contribution is 7.81. The lowest BCUT2D eigenvalue weighted by atomic mass is 10.6. The molecule has 3 amide bonds. The highest BCUT2D eigenvalue weighted by Crippen LogP contribution is 1.73. The van der Waals surface area contributed by atoms with Crippen molar-refractivity contribution in [2.45, 2.75) is 0 Å². The number of carbonyl (C=O) groups is 2. The third-order valence-electron chi connectivity index (χ3n) is 0.804. The number of hydrogen-bond donors (Lipinski definition) is 3. The zero-order valence-corrected chi connectivity index (χ0v) is 6.86. The molecule has 0 aromatic heterocycles. The van der Waals surface area contributed by atoms with Crippen molar-refractivity contribution in [1.29, 1.82) is 0 Å². The summed E-state index contributed by atoms with van der Waals surface area (Å²) in [5.74, 6) is -0.420. The third-order valence-corrected chi connectivity index (χ3v) is 1.09. The Morgan fingerprint density at radius 2 is 2.18 bits per heavy atom. The van der Waals surface area contributed by atoms with Gasteiger partial charge in [-0.05, 0) is 0 Å². The van der Waals surface area contributed by atoms with E-state index in [0.29, 0.717) is 6.54 Å². The van der Waals surface area contributed by atoms with Crippen LogP contribution >= 0.6 is 12.6 Å². The van der Waals surface area contributed by atoms with Crippen molar-refractivity contribution in [2.24, 2.45) is 0 Å². The van der Waals surface area contributed by atoms with Gasteiger partial charge in [0.05, 0.1) is 5.75 Å². The van der Waals surface area contributed by atoms with Gasteiger partial charge in [-0.15, -0.1) is 6.58 Å². The van der Waals surface area contributed by atoms with Crippen LogP contribution in [0.25, 0.3) is 0 Å². The van der Waals surface area contributed by atoms with Gasteiger partial charge >= 0.3 is 6.03 Å². The molecule has 0 bridgehead atoms. The molecule has 0 unspecified atom stereocenters. The Labute approximate surface area is 70.5 Å². The lowest BCUT2D eigenvalue weighted by Gasteiger charge is -2.01. The van der Waals surface area contributed by atoms with Crippen LogP contribution in [-0.2, 0) is 4.79 Å². The van der Waals surface area contributed by atoms with E-state index >= 15 is 0 Å². The van der Waals surface area contributed by atoms with Crippen LogP contribution < -0.4 is 10.6 Å². The number of thiol groups is 1. The molecule has 5 heteroatoms. The molecular weight excluding hydrogens is 164 g/mol. The summed E-state index contributed by atoms with van der Waals surface area (Å²) in [5.41, 5.74) is 0. The molecule has 4 nitrogen and oxygen atoms in total. The van der Waals surface area contributed by atoms with E-state index in [1.165, 1.54) is 6.08 Å². The van der Waals surface area contributed by atoms with Crippen molar-refractivity contribution in [3.63, 3.8) is 0 Å². The van der Waals surface area contributed by atoms with E-state index in [-0.39, 0.29) is 5.75 Å². The van der Waals surface area contributed by atoms with Gasteiger partial charge in [-0.3, -0.25) is 10.1 Å². The molecule has 0 atom stereocenters. The SMILES string of the molecule is C=CCNC(=O)NC(=O)CS. The second kappa shape index (κ2) is 5.79. The first-order valence-corrected chi connectivity index (χ1v) is 3.63. The van der Waals surface area contributed by atoms with Gasteiger partial charge < -0.3 is 5.32 Å². The number of amides is 3. The fourth-order valence-corrected chi connectivity index (χ4v) is 0.454. The van der Waals surface area contributed by atoms with Crippen LogP contribution in [0.5, 0.6) is 0 Å². The summed E-state index contributed by atoms with van der Waals surface area (Å²) >= 11 is 3.67. The largest absolute Gasteiger partial charge is 0.334 e. The molecule has 11 heavy (non-hydrogen) atoms. The highest BCUT2D eigenvalue weighted by Gasteiger charge is 2.02. The summed E-state index contributed by atoms with van der Waals surface area (Å²) in [4.78, 5) is 21.2. The van der Waals surface area contributed by atoms with E-state index in [2.05, 4.69) is 29.8 Å². The normalized spacial score (nSPS) is 8.45. The summed E-state index contributed by atoms with van der Waals surface area (Å²) in [5, 5.41) is 4.43. The molecule has 0 aromatic carbocycles. The summed E-state index contributed by atoms with van der Waals surface area (Å²) < 4.78 is 0. The predicted octanol–water partition coefficient (Wildman–Crippen LogP) is -0.0720. The molecule has 0 aliphatic rings. The first-order valence-electron chi connectivity index (χ1n) is 3.00. The molecule has 0 heterocycles. The van der Waals surface area contributed by atoms with Gasteiger partial charge in [-0.2, -0.15) is 12.6 Å². The first-order chi connectivity index (χ1) is 5.20. The molecule has 2 N–H and O–H groups in total. The summed E-state index contributed by atoms with van der Waals surface area (Å²) in [7, 11) is 0. The van der Waals surface area contributed by atoms with Gasteiger partial charge in [0.15, 0.2) is 0 Å². The van der Waals surface area contributed by atoms with Crippen LogP contribution in [0.15, 0.2) is 12.7 Å². The molecule has 0 fully saturated rings. The molecule has 0 rings (SSSR count). The van der Waals surface area contributed by atoms with Crippen LogP contribution in [0.1, 0.15) is 0 Å². The number of carbonyl (C=O) groups excluding carboxylic acids is 2. The number of hydrogen-bond acceptors (Lipinski definition) is 3. The molecule has 62 valence electrons. The average Bonchev–Trinajstić information content (AvgIpc) is 2.00. The standard InChI is InChI=1S/C6H10N2O2S/c1-2-3-7-6(10)8-5(9)4-11/h2,11H,1,3-4H2,(H2,7,8,9,10). The van der Waals surface area contributed by atoms with Crippen molar-refractivity contribution in [3.8, 4) is 0 Å². The zero-order chi connectivity index (χ0) is 8.69. The van der Waals surface area contributed by atoms with E-state index in [4.69, 9.17) is 0 Å². The molecule has 0 radical (unpaired) electrons. The third kappa shape index (κ3) is 5.47. The second-order valence-electron chi connectivity index (χ2n) is 1.70. The maximum atomic E-state index is 10.6. The first kappa shape index (κ1) is 10.0. The average molecular weight is 174 g/mol. The van der Waals surface area contributed by atoms with E-state index in [1.54, 1.807) is 0 Å². The van der Waals surface area contributed by atoms with Crippen LogP contribution in [0.2, 0.25) is 0 Å². The van der Waals surface area contributed by atoms with Crippen molar-refractivity contribution in [3.05, 3.63) is 12.7 Å². The van der Waals surface area contributed by atoms with Gasteiger partial charge in [0.25, 0.3) is 0 Å². The van der Waals surface area contributed by atoms with Crippen LogP contribution in [0.3, 0.4) is 0 Å². The minimum atomic E-state index is -0.524. The van der Waals surface area contributed by atoms with Crippen molar-refractivity contribution < 1.29 is 9.59 Å². The Bertz CT molecular complexity index is 170. The lowest BCUT2D eigenvalue weighted by molar-refractivity contribution is -0.117. The number of rotatable bonds is 3. The van der Waals surface area contributed by atoms with E-state index in [1.807, 2.05) is 0 Å².